The van der Waals surface area contributed by atoms with Crippen molar-refractivity contribution >= 4 is 17.3 Å². The van der Waals surface area contributed by atoms with Gasteiger partial charge in [0.1, 0.15) is 5.54 Å². The predicted molar refractivity (Wildman–Crippen MR) is 66.2 cm³/mol. The largest absolute Gasteiger partial charge is 0.381 e. The van der Waals surface area contributed by atoms with Crippen molar-refractivity contribution in [1.82, 2.24) is 0 Å². The van der Waals surface area contributed by atoms with Crippen LogP contribution in [-0.2, 0) is 9.53 Å². The molecule has 2 N–H and O–H groups in total. The first-order valence-corrected chi connectivity index (χ1v) is 5.98. The zero-order valence-corrected chi connectivity index (χ0v) is 9.88. The van der Waals surface area contributed by atoms with E-state index in [1.54, 1.807) is 0 Å². The topological polar surface area (TPSA) is 50.4 Å². The summed E-state index contributed by atoms with van der Waals surface area (Å²) >= 11 is 0. The smallest absolute Gasteiger partial charge is 0.250 e. The molecule has 4 nitrogen and oxygen atoms in total. The Morgan fingerprint density at radius 2 is 2.00 bits per heavy atom. The predicted octanol–water partition coefficient (Wildman–Crippen LogP) is 1.91. The van der Waals surface area contributed by atoms with E-state index in [1.165, 1.54) is 0 Å². The van der Waals surface area contributed by atoms with Gasteiger partial charge in [0.2, 0.25) is 5.91 Å². The van der Waals surface area contributed by atoms with Crippen LogP contribution >= 0.6 is 0 Å². The molecule has 90 valence electrons. The van der Waals surface area contributed by atoms with Crippen molar-refractivity contribution in [2.45, 2.75) is 25.3 Å². The molecule has 0 bridgehead atoms. The summed E-state index contributed by atoms with van der Waals surface area (Å²) < 4.78 is 5.33. The van der Waals surface area contributed by atoms with Crippen molar-refractivity contribution in [3.63, 3.8) is 0 Å². The van der Waals surface area contributed by atoms with Gasteiger partial charge in [-0.15, -0.1) is 0 Å². The molecule has 1 saturated heterocycles. The van der Waals surface area contributed by atoms with Crippen LogP contribution in [0.2, 0.25) is 0 Å². The van der Waals surface area contributed by atoms with Crippen molar-refractivity contribution in [3.05, 3.63) is 23.8 Å². The molecule has 4 heteroatoms. The van der Waals surface area contributed by atoms with Crippen molar-refractivity contribution in [2.75, 3.05) is 23.8 Å². The van der Waals surface area contributed by atoms with Crippen molar-refractivity contribution in [1.29, 1.82) is 0 Å². The molecule has 0 saturated carbocycles. The van der Waals surface area contributed by atoms with E-state index in [0.29, 0.717) is 13.2 Å². The molecule has 1 amide bonds. The molecule has 1 aromatic rings. The minimum absolute atomic E-state index is 0.0684. The van der Waals surface area contributed by atoms with Gasteiger partial charge in [0.05, 0.1) is 11.4 Å². The molecule has 17 heavy (non-hydrogen) atoms. The number of hydrogen-bond donors (Lipinski definition) is 2. The lowest BCUT2D eigenvalue weighted by atomic mass is 9.86. The molecular weight excluding hydrogens is 216 g/mol. The minimum atomic E-state index is -0.472. The van der Waals surface area contributed by atoms with E-state index < -0.39 is 5.54 Å². The maximum absolute atomic E-state index is 12.2. The Bertz CT molecular complexity index is 464. The van der Waals surface area contributed by atoms with Crippen molar-refractivity contribution in [3.8, 4) is 0 Å². The van der Waals surface area contributed by atoms with E-state index in [-0.39, 0.29) is 5.91 Å². The first kappa shape index (κ1) is 10.6. The average Bonchev–Trinajstić information content (AvgIpc) is 2.33. The second-order valence-electron chi connectivity index (χ2n) is 4.82. The fraction of sp³-hybridized carbons (Fsp3) is 0.462. The molecule has 0 radical (unpaired) electrons. The summed E-state index contributed by atoms with van der Waals surface area (Å²) in [7, 11) is 0. The second kappa shape index (κ2) is 3.74. The van der Waals surface area contributed by atoms with Gasteiger partial charge in [-0.25, -0.2) is 0 Å². The molecule has 0 unspecified atom stereocenters. The van der Waals surface area contributed by atoms with E-state index in [2.05, 4.69) is 16.7 Å². The molecule has 2 aliphatic heterocycles. The Hall–Kier alpha value is -1.55. The number of carbonyl (C=O) groups excluding carboxylic acids is 1. The number of nitrogens with one attached hydrogen (secondary N) is 2. The zero-order valence-electron chi connectivity index (χ0n) is 9.88. The Labute approximate surface area is 100 Å². The third-order valence-electron chi connectivity index (χ3n) is 3.58. The number of amides is 1. The van der Waals surface area contributed by atoms with Crippen LogP contribution in [0.4, 0.5) is 11.4 Å². The van der Waals surface area contributed by atoms with Gasteiger partial charge >= 0.3 is 0 Å². The standard InChI is InChI=1S/C13H16N2O2/c1-9-2-3-10-11(8-9)14-12(16)13(15-10)4-6-17-7-5-13/h2-3,8,15H,4-7H2,1H3,(H,14,16). The Kier molecular flexibility index (Phi) is 2.33. The molecule has 1 spiro atoms. The summed E-state index contributed by atoms with van der Waals surface area (Å²) in [5.41, 5.74) is 2.57. The van der Waals surface area contributed by atoms with Gasteiger partial charge in [-0.3, -0.25) is 4.79 Å². The maximum atomic E-state index is 12.2. The van der Waals surface area contributed by atoms with Gasteiger partial charge in [-0.2, -0.15) is 0 Å². The lowest BCUT2D eigenvalue weighted by Crippen LogP contribution is -2.55. The fourth-order valence-electron chi connectivity index (χ4n) is 2.50. The highest BCUT2D eigenvalue weighted by molar-refractivity contribution is 6.06. The summed E-state index contributed by atoms with van der Waals surface area (Å²) in [6, 6.07) is 6.07. The fourth-order valence-corrected chi connectivity index (χ4v) is 2.50. The summed E-state index contributed by atoms with van der Waals surface area (Å²) in [6.45, 7) is 3.30. The molecule has 2 heterocycles. The summed E-state index contributed by atoms with van der Waals surface area (Å²) in [5, 5.41) is 6.40. The highest BCUT2D eigenvalue weighted by Gasteiger charge is 2.43. The Morgan fingerprint density at radius 1 is 1.24 bits per heavy atom. The summed E-state index contributed by atoms with van der Waals surface area (Å²) in [4.78, 5) is 12.2. The van der Waals surface area contributed by atoms with Crippen molar-refractivity contribution < 1.29 is 9.53 Å². The highest BCUT2D eigenvalue weighted by atomic mass is 16.5. The lowest BCUT2D eigenvalue weighted by molar-refractivity contribution is -0.123. The van der Waals surface area contributed by atoms with Crippen LogP contribution in [0.15, 0.2) is 18.2 Å². The molecule has 0 aromatic heterocycles. The summed E-state index contributed by atoms with van der Waals surface area (Å²) in [5.74, 6) is 0.0684. The molecule has 1 fully saturated rings. The Morgan fingerprint density at radius 3 is 2.76 bits per heavy atom. The molecule has 1 aromatic carbocycles. The maximum Gasteiger partial charge on any atom is 0.250 e. The minimum Gasteiger partial charge on any atom is -0.381 e. The number of fused-ring (bicyclic) bond motifs is 1. The number of rotatable bonds is 0. The van der Waals surface area contributed by atoms with Gasteiger partial charge in [0.25, 0.3) is 0 Å². The number of anilines is 2. The van der Waals surface area contributed by atoms with Crippen LogP contribution < -0.4 is 10.6 Å². The molecule has 3 rings (SSSR count). The van der Waals surface area contributed by atoms with E-state index in [1.807, 2.05) is 19.1 Å². The SMILES string of the molecule is Cc1ccc2c(c1)NC(=O)C1(CCOCC1)N2. The van der Waals surface area contributed by atoms with E-state index in [4.69, 9.17) is 4.74 Å². The monoisotopic (exact) mass is 232 g/mol. The Balaban J connectivity index is 1.97. The van der Waals surface area contributed by atoms with Crippen molar-refractivity contribution in [2.24, 2.45) is 0 Å². The summed E-state index contributed by atoms with van der Waals surface area (Å²) in [6.07, 6.45) is 1.46. The van der Waals surface area contributed by atoms with Crippen LogP contribution in [0.1, 0.15) is 18.4 Å². The zero-order chi connectivity index (χ0) is 11.9. The first-order chi connectivity index (χ1) is 8.20. The van der Waals surface area contributed by atoms with Gasteiger partial charge in [0.15, 0.2) is 0 Å². The van der Waals surface area contributed by atoms with E-state index >= 15 is 0 Å². The van der Waals surface area contributed by atoms with Crippen LogP contribution in [0, 0.1) is 6.92 Å². The van der Waals surface area contributed by atoms with Crippen LogP contribution in [0.5, 0.6) is 0 Å². The third kappa shape index (κ3) is 1.69. The number of ether oxygens (including phenoxy) is 1. The molecular formula is C13H16N2O2. The first-order valence-electron chi connectivity index (χ1n) is 5.98. The third-order valence-corrected chi connectivity index (χ3v) is 3.58. The van der Waals surface area contributed by atoms with Crippen LogP contribution in [-0.4, -0.2) is 24.7 Å². The second-order valence-corrected chi connectivity index (χ2v) is 4.82. The number of benzene rings is 1. The molecule has 2 aliphatic rings. The number of hydrogen-bond acceptors (Lipinski definition) is 3. The average molecular weight is 232 g/mol. The molecule has 0 atom stereocenters. The van der Waals surface area contributed by atoms with E-state index in [0.717, 1.165) is 29.8 Å². The van der Waals surface area contributed by atoms with E-state index in [9.17, 15) is 4.79 Å². The van der Waals surface area contributed by atoms with Gasteiger partial charge in [0, 0.05) is 26.1 Å². The van der Waals surface area contributed by atoms with Gasteiger partial charge < -0.3 is 15.4 Å². The van der Waals surface area contributed by atoms with Gasteiger partial charge in [-0.05, 0) is 24.6 Å². The number of carbonyl (C=O) groups is 1. The molecule has 0 aliphatic carbocycles. The number of aryl methyl sites for hydroxylation is 1. The lowest BCUT2D eigenvalue weighted by Gasteiger charge is -2.41. The normalized spacial score (nSPS) is 21.6. The van der Waals surface area contributed by atoms with Gasteiger partial charge in [-0.1, -0.05) is 6.07 Å². The van der Waals surface area contributed by atoms with Crippen LogP contribution in [0.25, 0.3) is 0 Å². The quantitative estimate of drug-likeness (QED) is 0.718. The highest BCUT2D eigenvalue weighted by Crippen LogP contribution is 2.36. The van der Waals surface area contributed by atoms with Crippen LogP contribution in [0.3, 0.4) is 0 Å².